The number of benzene rings is 1. The Labute approximate surface area is 139 Å². The highest BCUT2D eigenvalue weighted by atomic mass is 16.5. The van der Waals surface area contributed by atoms with Gasteiger partial charge < -0.3 is 15.4 Å². The maximum atomic E-state index is 5.63. The first-order valence-corrected chi connectivity index (χ1v) is 8.76. The summed E-state index contributed by atoms with van der Waals surface area (Å²) in [6, 6.07) is 9.35. The molecule has 2 atom stereocenters. The minimum absolute atomic E-state index is 0.135. The summed E-state index contributed by atoms with van der Waals surface area (Å²) in [7, 11) is 1.85. The second-order valence-electron chi connectivity index (χ2n) is 7.10. The van der Waals surface area contributed by atoms with Crippen molar-refractivity contribution in [2.75, 3.05) is 26.8 Å². The predicted molar refractivity (Wildman–Crippen MR) is 95.0 cm³/mol. The SMILES string of the molecule is CN=C(NCC1(c2ccccc2C)CCOCC1)NC1CC1C. The highest BCUT2D eigenvalue weighted by Crippen LogP contribution is 2.36. The van der Waals surface area contributed by atoms with Crippen molar-refractivity contribution < 1.29 is 4.74 Å². The van der Waals surface area contributed by atoms with Crippen molar-refractivity contribution in [2.24, 2.45) is 10.9 Å². The fourth-order valence-corrected chi connectivity index (χ4v) is 3.62. The average Bonchev–Trinajstić information content (AvgIpc) is 3.27. The molecule has 2 N–H and O–H groups in total. The van der Waals surface area contributed by atoms with Gasteiger partial charge in [-0.1, -0.05) is 31.2 Å². The largest absolute Gasteiger partial charge is 0.381 e. The maximum Gasteiger partial charge on any atom is 0.191 e. The normalized spacial score (nSPS) is 26.7. The van der Waals surface area contributed by atoms with E-state index in [1.54, 1.807) is 0 Å². The first-order valence-electron chi connectivity index (χ1n) is 8.76. The van der Waals surface area contributed by atoms with E-state index in [9.17, 15) is 0 Å². The van der Waals surface area contributed by atoms with Gasteiger partial charge in [-0.2, -0.15) is 0 Å². The molecule has 1 aromatic carbocycles. The van der Waals surface area contributed by atoms with Crippen LogP contribution in [0.2, 0.25) is 0 Å². The molecular weight excluding hydrogens is 286 g/mol. The van der Waals surface area contributed by atoms with Gasteiger partial charge in [0.15, 0.2) is 5.96 Å². The lowest BCUT2D eigenvalue weighted by Gasteiger charge is -2.39. The van der Waals surface area contributed by atoms with Crippen LogP contribution in [0.25, 0.3) is 0 Å². The van der Waals surface area contributed by atoms with E-state index in [-0.39, 0.29) is 5.41 Å². The molecule has 1 heterocycles. The first kappa shape index (κ1) is 16.3. The van der Waals surface area contributed by atoms with Crippen molar-refractivity contribution in [1.29, 1.82) is 0 Å². The molecule has 1 saturated heterocycles. The van der Waals surface area contributed by atoms with Crippen LogP contribution in [0.5, 0.6) is 0 Å². The molecule has 0 aromatic heterocycles. The zero-order valence-corrected chi connectivity index (χ0v) is 14.6. The Kier molecular flexibility index (Phi) is 4.90. The van der Waals surface area contributed by atoms with Gasteiger partial charge in [0.1, 0.15) is 0 Å². The van der Waals surface area contributed by atoms with Gasteiger partial charge in [0, 0.05) is 38.3 Å². The molecule has 3 rings (SSSR count). The zero-order valence-electron chi connectivity index (χ0n) is 14.6. The van der Waals surface area contributed by atoms with Crippen LogP contribution in [0.1, 0.15) is 37.3 Å². The number of rotatable bonds is 4. The molecule has 1 aromatic rings. The third-order valence-corrected chi connectivity index (χ3v) is 5.42. The van der Waals surface area contributed by atoms with Gasteiger partial charge in [0.2, 0.25) is 0 Å². The molecule has 0 radical (unpaired) electrons. The van der Waals surface area contributed by atoms with Gasteiger partial charge in [-0.05, 0) is 43.2 Å². The quantitative estimate of drug-likeness (QED) is 0.663. The third kappa shape index (κ3) is 3.69. The predicted octanol–water partition coefficient (Wildman–Crippen LogP) is 2.62. The minimum Gasteiger partial charge on any atom is -0.381 e. The highest BCUT2D eigenvalue weighted by Gasteiger charge is 2.37. The number of hydrogen-bond acceptors (Lipinski definition) is 2. The van der Waals surface area contributed by atoms with Gasteiger partial charge in [-0.3, -0.25) is 4.99 Å². The van der Waals surface area contributed by atoms with Crippen LogP contribution in [-0.4, -0.2) is 38.8 Å². The average molecular weight is 315 g/mol. The summed E-state index contributed by atoms with van der Waals surface area (Å²) in [5.41, 5.74) is 2.96. The highest BCUT2D eigenvalue weighted by molar-refractivity contribution is 5.80. The standard InChI is InChI=1S/C19H29N3O/c1-14-6-4-5-7-16(14)19(8-10-23-11-9-19)13-21-18(20-3)22-17-12-15(17)2/h4-7,15,17H,8-13H2,1-3H3,(H2,20,21,22). The molecule has 126 valence electrons. The summed E-state index contributed by atoms with van der Waals surface area (Å²) in [6.07, 6.45) is 3.36. The molecule has 0 bridgehead atoms. The van der Waals surface area contributed by atoms with E-state index in [1.165, 1.54) is 17.5 Å². The summed E-state index contributed by atoms with van der Waals surface area (Å²) in [4.78, 5) is 4.40. The number of ether oxygens (including phenoxy) is 1. The van der Waals surface area contributed by atoms with E-state index >= 15 is 0 Å². The van der Waals surface area contributed by atoms with Crippen LogP contribution in [0, 0.1) is 12.8 Å². The van der Waals surface area contributed by atoms with Gasteiger partial charge >= 0.3 is 0 Å². The Morgan fingerprint density at radius 3 is 2.61 bits per heavy atom. The zero-order chi connectivity index (χ0) is 16.3. The van der Waals surface area contributed by atoms with Crippen LogP contribution in [0.4, 0.5) is 0 Å². The van der Waals surface area contributed by atoms with E-state index < -0.39 is 0 Å². The lowest BCUT2D eigenvalue weighted by Crippen LogP contribution is -2.48. The fraction of sp³-hybridized carbons (Fsp3) is 0.632. The van der Waals surface area contributed by atoms with Crippen molar-refractivity contribution in [2.45, 2.75) is 44.6 Å². The molecule has 2 aliphatic rings. The fourth-order valence-electron chi connectivity index (χ4n) is 3.62. The van der Waals surface area contributed by atoms with E-state index in [0.717, 1.165) is 44.5 Å². The van der Waals surface area contributed by atoms with Crippen molar-refractivity contribution in [3.63, 3.8) is 0 Å². The Morgan fingerprint density at radius 1 is 1.30 bits per heavy atom. The maximum absolute atomic E-state index is 5.63. The summed E-state index contributed by atoms with van der Waals surface area (Å²) < 4.78 is 5.63. The number of guanidine groups is 1. The van der Waals surface area contributed by atoms with Gasteiger partial charge in [-0.15, -0.1) is 0 Å². The summed E-state index contributed by atoms with van der Waals surface area (Å²) >= 11 is 0. The van der Waals surface area contributed by atoms with Crippen LogP contribution >= 0.6 is 0 Å². The summed E-state index contributed by atoms with van der Waals surface area (Å²) in [6.45, 7) is 7.06. The van der Waals surface area contributed by atoms with Crippen molar-refractivity contribution in [3.8, 4) is 0 Å². The molecule has 0 amide bonds. The first-order chi connectivity index (χ1) is 11.1. The topological polar surface area (TPSA) is 45.7 Å². The summed E-state index contributed by atoms with van der Waals surface area (Å²) in [5.74, 6) is 1.70. The molecule has 2 unspecified atom stereocenters. The number of nitrogens with zero attached hydrogens (tertiary/aromatic N) is 1. The van der Waals surface area contributed by atoms with Gasteiger partial charge in [-0.25, -0.2) is 0 Å². The second kappa shape index (κ2) is 6.91. The lowest BCUT2D eigenvalue weighted by atomic mass is 9.72. The molecule has 1 aliphatic heterocycles. The van der Waals surface area contributed by atoms with E-state index in [4.69, 9.17) is 4.74 Å². The van der Waals surface area contributed by atoms with E-state index in [0.29, 0.717) is 6.04 Å². The van der Waals surface area contributed by atoms with Crippen LogP contribution in [0.15, 0.2) is 29.3 Å². The van der Waals surface area contributed by atoms with Crippen molar-refractivity contribution >= 4 is 5.96 Å². The molecule has 23 heavy (non-hydrogen) atoms. The Morgan fingerprint density at radius 2 is 2.00 bits per heavy atom. The van der Waals surface area contributed by atoms with Crippen molar-refractivity contribution in [3.05, 3.63) is 35.4 Å². The number of aryl methyl sites for hydroxylation is 1. The number of aliphatic imine (C=N–C) groups is 1. The Balaban J connectivity index is 1.73. The van der Waals surface area contributed by atoms with Gasteiger partial charge in [0.05, 0.1) is 0 Å². The van der Waals surface area contributed by atoms with E-state index in [2.05, 4.69) is 53.7 Å². The number of nitrogens with one attached hydrogen (secondary N) is 2. The Bertz CT molecular complexity index is 563. The van der Waals surface area contributed by atoms with Gasteiger partial charge in [0.25, 0.3) is 0 Å². The molecule has 4 nitrogen and oxygen atoms in total. The minimum atomic E-state index is 0.135. The smallest absolute Gasteiger partial charge is 0.191 e. The van der Waals surface area contributed by atoms with Crippen LogP contribution in [0.3, 0.4) is 0 Å². The van der Waals surface area contributed by atoms with Crippen LogP contribution < -0.4 is 10.6 Å². The monoisotopic (exact) mass is 315 g/mol. The second-order valence-corrected chi connectivity index (χ2v) is 7.10. The molecule has 2 fully saturated rings. The number of hydrogen-bond donors (Lipinski definition) is 2. The van der Waals surface area contributed by atoms with Crippen molar-refractivity contribution in [1.82, 2.24) is 10.6 Å². The molecule has 1 aliphatic carbocycles. The molecule has 0 spiro atoms. The third-order valence-electron chi connectivity index (χ3n) is 5.42. The van der Waals surface area contributed by atoms with E-state index in [1.807, 2.05) is 7.05 Å². The summed E-state index contributed by atoms with van der Waals surface area (Å²) in [5, 5.41) is 7.10. The molecule has 4 heteroatoms. The molecule has 1 saturated carbocycles. The molecular formula is C19H29N3O. The lowest BCUT2D eigenvalue weighted by molar-refractivity contribution is 0.0512. The Hall–Kier alpha value is -1.55. The van der Waals surface area contributed by atoms with Crippen LogP contribution in [-0.2, 0) is 10.2 Å².